The lowest BCUT2D eigenvalue weighted by Crippen LogP contribution is -2.03. The summed E-state index contributed by atoms with van der Waals surface area (Å²) in [6.07, 6.45) is 0. The smallest absolute Gasteiger partial charge is 0.246 e. The molecule has 0 fully saturated rings. The molecule has 17 heavy (non-hydrogen) atoms. The second-order valence-corrected chi connectivity index (χ2v) is 5.31. The van der Waals surface area contributed by atoms with Gasteiger partial charge in [-0.1, -0.05) is 48.0 Å². The third kappa shape index (κ3) is 2.66. The van der Waals surface area contributed by atoms with Crippen molar-refractivity contribution >= 4 is 18.6 Å². The van der Waals surface area contributed by atoms with Crippen molar-refractivity contribution in [1.29, 1.82) is 0 Å². The zero-order valence-corrected chi connectivity index (χ0v) is 10.4. The molecule has 0 N–H and O–H groups in total. The van der Waals surface area contributed by atoms with Crippen LogP contribution >= 0.6 is 7.80 Å². The number of hydrogen-bond acceptors (Lipinski definition) is 2. The number of carbonyl (C=O) groups is 1. The highest BCUT2D eigenvalue weighted by Crippen LogP contribution is 2.25. The first-order chi connectivity index (χ1) is 8.18. The van der Waals surface area contributed by atoms with E-state index in [2.05, 4.69) is 0 Å². The summed E-state index contributed by atoms with van der Waals surface area (Å²) in [4.78, 5) is 12.0. The average Bonchev–Trinajstić information content (AvgIpc) is 2.39. The minimum absolute atomic E-state index is 0.314. The quantitative estimate of drug-likeness (QED) is 0.775. The number of hydrogen-bond donors (Lipinski definition) is 0. The zero-order valence-electron chi connectivity index (χ0n) is 9.46. The van der Waals surface area contributed by atoms with Crippen LogP contribution in [-0.2, 0) is 4.57 Å². The SMILES string of the molecule is Cc1ccc(C(=O)[P](=O)c2ccccc2)cc1. The number of aryl methyl sites for hydroxylation is 1. The summed E-state index contributed by atoms with van der Waals surface area (Å²) < 4.78 is 12.0. The second-order valence-electron chi connectivity index (χ2n) is 3.80. The molecule has 1 unspecified atom stereocenters. The lowest BCUT2D eigenvalue weighted by molar-refractivity contribution is 0.108. The first-order valence-corrected chi connectivity index (χ1v) is 6.58. The third-order valence-electron chi connectivity index (χ3n) is 2.47. The van der Waals surface area contributed by atoms with Crippen molar-refractivity contribution in [2.45, 2.75) is 6.92 Å². The third-order valence-corrected chi connectivity index (χ3v) is 3.87. The Labute approximate surface area is 101 Å². The molecule has 0 bridgehead atoms. The first kappa shape index (κ1) is 11.7. The molecule has 0 amide bonds. The molecular formula is C14H12O2P. The lowest BCUT2D eigenvalue weighted by atomic mass is 10.2. The molecular weight excluding hydrogens is 231 g/mol. The van der Waals surface area contributed by atoms with Crippen molar-refractivity contribution in [3.8, 4) is 0 Å². The predicted molar refractivity (Wildman–Crippen MR) is 69.2 cm³/mol. The molecule has 0 aliphatic carbocycles. The van der Waals surface area contributed by atoms with Crippen molar-refractivity contribution < 1.29 is 9.36 Å². The maximum absolute atomic E-state index is 12.0. The van der Waals surface area contributed by atoms with Crippen LogP contribution in [0.25, 0.3) is 0 Å². The van der Waals surface area contributed by atoms with Crippen LogP contribution in [0, 0.1) is 6.92 Å². The second kappa shape index (κ2) is 5.03. The molecule has 0 spiro atoms. The molecule has 2 nitrogen and oxygen atoms in total. The minimum Gasteiger partial charge on any atom is -0.281 e. The molecule has 0 saturated heterocycles. The van der Waals surface area contributed by atoms with Gasteiger partial charge >= 0.3 is 0 Å². The highest BCUT2D eigenvalue weighted by atomic mass is 31.1. The maximum Gasteiger partial charge on any atom is 0.246 e. The Bertz CT molecular complexity index is 544. The Morgan fingerprint density at radius 2 is 1.53 bits per heavy atom. The number of carbonyl (C=O) groups excluding carboxylic acids is 1. The van der Waals surface area contributed by atoms with Crippen LogP contribution in [0.15, 0.2) is 54.6 Å². The van der Waals surface area contributed by atoms with Crippen LogP contribution < -0.4 is 5.30 Å². The molecule has 2 aromatic carbocycles. The molecule has 0 aliphatic rings. The summed E-state index contributed by atoms with van der Waals surface area (Å²) in [5, 5.41) is 0.577. The van der Waals surface area contributed by atoms with Gasteiger partial charge in [-0.15, -0.1) is 0 Å². The average molecular weight is 243 g/mol. The van der Waals surface area contributed by atoms with Crippen molar-refractivity contribution in [3.05, 3.63) is 65.7 Å². The molecule has 2 aromatic rings. The van der Waals surface area contributed by atoms with Crippen LogP contribution in [0.4, 0.5) is 0 Å². The van der Waals surface area contributed by atoms with Gasteiger partial charge in [0.25, 0.3) is 0 Å². The van der Waals surface area contributed by atoms with Crippen LogP contribution in [0.2, 0.25) is 0 Å². The van der Waals surface area contributed by atoms with Crippen LogP contribution in [-0.4, -0.2) is 5.52 Å². The van der Waals surface area contributed by atoms with Gasteiger partial charge in [-0.25, -0.2) is 0 Å². The normalized spacial score (nSPS) is 11.0. The van der Waals surface area contributed by atoms with Crippen LogP contribution in [0.5, 0.6) is 0 Å². The van der Waals surface area contributed by atoms with E-state index >= 15 is 0 Å². The highest BCUT2D eigenvalue weighted by Gasteiger charge is 2.16. The highest BCUT2D eigenvalue weighted by molar-refractivity contribution is 7.71. The van der Waals surface area contributed by atoms with E-state index in [0.717, 1.165) is 5.56 Å². The molecule has 0 heterocycles. The van der Waals surface area contributed by atoms with Crippen molar-refractivity contribution in [2.24, 2.45) is 0 Å². The number of benzene rings is 2. The molecule has 3 heteroatoms. The molecule has 2 rings (SSSR count). The Balaban J connectivity index is 2.27. The van der Waals surface area contributed by atoms with Crippen molar-refractivity contribution in [1.82, 2.24) is 0 Å². The van der Waals surface area contributed by atoms with Crippen molar-refractivity contribution in [2.75, 3.05) is 0 Å². The minimum atomic E-state index is -2.01. The fourth-order valence-electron chi connectivity index (χ4n) is 1.49. The van der Waals surface area contributed by atoms with E-state index in [0.29, 0.717) is 10.9 Å². The van der Waals surface area contributed by atoms with E-state index in [1.165, 1.54) is 0 Å². The van der Waals surface area contributed by atoms with E-state index in [4.69, 9.17) is 0 Å². The molecule has 0 aliphatic heterocycles. The van der Waals surface area contributed by atoms with E-state index in [1.807, 2.05) is 25.1 Å². The summed E-state index contributed by atoms with van der Waals surface area (Å²) in [5.74, 6) is 0. The molecule has 85 valence electrons. The van der Waals surface area contributed by atoms with E-state index < -0.39 is 7.80 Å². The Morgan fingerprint density at radius 1 is 0.941 bits per heavy atom. The van der Waals surface area contributed by atoms with Crippen LogP contribution in [0.3, 0.4) is 0 Å². The van der Waals surface area contributed by atoms with E-state index in [9.17, 15) is 9.36 Å². The molecule has 1 radical (unpaired) electrons. The summed E-state index contributed by atoms with van der Waals surface area (Å²) in [6.45, 7) is 1.95. The van der Waals surface area contributed by atoms with Crippen molar-refractivity contribution in [3.63, 3.8) is 0 Å². The molecule has 1 atom stereocenters. The fourth-order valence-corrected chi connectivity index (χ4v) is 2.56. The Morgan fingerprint density at radius 3 is 2.12 bits per heavy atom. The Hall–Kier alpha value is -1.79. The predicted octanol–water partition coefficient (Wildman–Crippen LogP) is 3.29. The standard InChI is InChI=1S/C14H12O2P/c1-11-7-9-12(10-8-11)14(15)17(16)13-5-3-2-4-6-13/h2-10H,1H3. The largest absolute Gasteiger partial charge is 0.281 e. The number of rotatable bonds is 3. The maximum atomic E-state index is 12.0. The lowest BCUT2D eigenvalue weighted by Gasteiger charge is -2.01. The summed E-state index contributed by atoms with van der Waals surface area (Å²) in [6, 6.07) is 16.0. The van der Waals surface area contributed by atoms with Crippen LogP contribution in [0.1, 0.15) is 15.9 Å². The van der Waals surface area contributed by atoms with Gasteiger partial charge in [0.15, 0.2) is 7.80 Å². The van der Waals surface area contributed by atoms with E-state index in [-0.39, 0.29) is 5.52 Å². The monoisotopic (exact) mass is 243 g/mol. The van der Waals surface area contributed by atoms with Gasteiger partial charge in [0.05, 0.1) is 0 Å². The topological polar surface area (TPSA) is 34.1 Å². The van der Waals surface area contributed by atoms with E-state index in [1.54, 1.807) is 36.4 Å². The first-order valence-electron chi connectivity index (χ1n) is 5.32. The summed E-state index contributed by atoms with van der Waals surface area (Å²) >= 11 is 0. The zero-order chi connectivity index (χ0) is 12.3. The Kier molecular flexibility index (Phi) is 3.46. The van der Waals surface area contributed by atoms with Gasteiger partial charge in [-0.3, -0.25) is 9.36 Å². The molecule has 0 saturated carbocycles. The van der Waals surface area contributed by atoms with Gasteiger partial charge in [-0.05, 0) is 19.1 Å². The van der Waals surface area contributed by atoms with Gasteiger partial charge < -0.3 is 0 Å². The summed E-state index contributed by atoms with van der Waals surface area (Å²) in [5.41, 5.74) is 1.27. The van der Waals surface area contributed by atoms with Gasteiger partial charge in [-0.2, -0.15) is 0 Å². The van der Waals surface area contributed by atoms with Gasteiger partial charge in [0.2, 0.25) is 5.52 Å². The summed E-state index contributed by atoms with van der Waals surface area (Å²) in [7, 11) is -2.01. The molecule has 0 aromatic heterocycles. The fraction of sp³-hybridized carbons (Fsp3) is 0.0714. The van der Waals surface area contributed by atoms with Gasteiger partial charge in [0, 0.05) is 10.9 Å². The van der Waals surface area contributed by atoms with Gasteiger partial charge in [0.1, 0.15) is 0 Å².